The van der Waals surface area contributed by atoms with Gasteiger partial charge in [0.25, 0.3) is 0 Å². The van der Waals surface area contributed by atoms with Crippen LogP contribution in [-0.4, -0.2) is 30.9 Å². The van der Waals surface area contributed by atoms with Gasteiger partial charge in [-0.15, -0.1) is 0 Å². The zero-order chi connectivity index (χ0) is 12.9. The molecule has 7 heteroatoms. The van der Waals surface area contributed by atoms with Crippen LogP contribution in [-0.2, 0) is 16.6 Å². The fraction of sp³-hybridized carbons (Fsp3) is 0.400. The number of phenolic OH excluding ortho intramolecular Hbond substituents is 2. The second-order valence-electron chi connectivity index (χ2n) is 3.68. The summed E-state index contributed by atoms with van der Waals surface area (Å²) in [5.41, 5.74) is 0.556. The van der Waals surface area contributed by atoms with E-state index in [2.05, 4.69) is 5.32 Å². The van der Waals surface area contributed by atoms with Gasteiger partial charge in [-0.25, -0.2) is 13.6 Å². The van der Waals surface area contributed by atoms with Crippen molar-refractivity contribution in [1.82, 2.24) is 5.32 Å². The minimum atomic E-state index is -3.41. The van der Waals surface area contributed by atoms with Crippen LogP contribution in [0.1, 0.15) is 12.0 Å². The first kappa shape index (κ1) is 13.8. The van der Waals surface area contributed by atoms with Crippen molar-refractivity contribution in [2.45, 2.75) is 13.0 Å². The number of rotatable bonds is 6. The van der Waals surface area contributed by atoms with Crippen LogP contribution in [0.15, 0.2) is 18.2 Å². The molecule has 0 saturated carbocycles. The molecule has 0 heterocycles. The second-order valence-corrected chi connectivity index (χ2v) is 5.42. The third-order valence-electron chi connectivity index (χ3n) is 2.20. The van der Waals surface area contributed by atoms with Gasteiger partial charge in [-0.05, 0) is 19.0 Å². The van der Waals surface area contributed by atoms with Gasteiger partial charge in [0, 0.05) is 12.1 Å². The van der Waals surface area contributed by atoms with Gasteiger partial charge in [-0.2, -0.15) is 0 Å². The molecule has 0 amide bonds. The molecule has 6 nitrogen and oxygen atoms in total. The largest absolute Gasteiger partial charge is 0.504 e. The van der Waals surface area contributed by atoms with E-state index >= 15 is 0 Å². The lowest BCUT2D eigenvalue weighted by Gasteiger charge is -2.07. The average molecular weight is 260 g/mol. The molecule has 0 radical (unpaired) electrons. The average Bonchev–Trinajstić information content (AvgIpc) is 2.22. The van der Waals surface area contributed by atoms with Crippen molar-refractivity contribution in [3.8, 4) is 11.5 Å². The topological polar surface area (TPSA) is 113 Å². The quantitative estimate of drug-likeness (QED) is 0.420. The van der Waals surface area contributed by atoms with Crippen molar-refractivity contribution in [2.75, 3.05) is 12.3 Å². The lowest BCUT2D eigenvalue weighted by atomic mass is 10.2. The first-order chi connectivity index (χ1) is 7.90. The van der Waals surface area contributed by atoms with Gasteiger partial charge in [-0.1, -0.05) is 12.1 Å². The Labute approximate surface area is 100 Å². The van der Waals surface area contributed by atoms with Crippen LogP contribution in [0.25, 0.3) is 0 Å². The number of aromatic hydroxyl groups is 2. The SMILES string of the molecule is NS(=O)(=O)CCCNCc1cccc(O)c1O. The highest BCUT2D eigenvalue weighted by molar-refractivity contribution is 7.89. The molecular weight excluding hydrogens is 244 g/mol. The van der Waals surface area contributed by atoms with E-state index < -0.39 is 10.0 Å². The van der Waals surface area contributed by atoms with E-state index in [1.165, 1.54) is 6.07 Å². The van der Waals surface area contributed by atoms with E-state index in [1.54, 1.807) is 12.1 Å². The smallest absolute Gasteiger partial charge is 0.209 e. The minimum absolute atomic E-state index is 0.0774. The molecule has 0 aliphatic rings. The third-order valence-corrected chi connectivity index (χ3v) is 3.05. The number of phenols is 2. The molecule has 0 aliphatic carbocycles. The zero-order valence-corrected chi connectivity index (χ0v) is 10.1. The summed E-state index contributed by atoms with van der Waals surface area (Å²) < 4.78 is 21.3. The molecule has 0 spiro atoms. The zero-order valence-electron chi connectivity index (χ0n) is 9.26. The van der Waals surface area contributed by atoms with E-state index in [0.717, 1.165) is 0 Å². The molecule has 0 aromatic heterocycles. The Balaban J connectivity index is 2.34. The maximum Gasteiger partial charge on any atom is 0.209 e. The van der Waals surface area contributed by atoms with E-state index in [-0.39, 0.29) is 17.3 Å². The lowest BCUT2D eigenvalue weighted by Crippen LogP contribution is -2.22. The number of nitrogens with two attached hydrogens (primary N) is 1. The first-order valence-corrected chi connectivity index (χ1v) is 6.83. The summed E-state index contributed by atoms with van der Waals surface area (Å²) in [6.45, 7) is 0.816. The summed E-state index contributed by atoms with van der Waals surface area (Å²) in [5, 5.41) is 26.5. The van der Waals surface area contributed by atoms with Crippen molar-refractivity contribution in [1.29, 1.82) is 0 Å². The molecule has 0 saturated heterocycles. The van der Waals surface area contributed by atoms with Gasteiger partial charge in [0.1, 0.15) is 0 Å². The normalized spacial score (nSPS) is 11.6. The summed E-state index contributed by atoms with van der Waals surface area (Å²) in [6, 6.07) is 4.68. The molecule has 0 aliphatic heterocycles. The van der Waals surface area contributed by atoms with E-state index in [1.807, 2.05) is 0 Å². The summed E-state index contributed by atoms with van der Waals surface area (Å²) in [5.74, 6) is -0.410. The molecule has 0 fully saturated rings. The van der Waals surface area contributed by atoms with Gasteiger partial charge >= 0.3 is 0 Å². The number of nitrogens with one attached hydrogen (secondary N) is 1. The molecule has 5 N–H and O–H groups in total. The van der Waals surface area contributed by atoms with Crippen molar-refractivity contribution in [2.24, 2.45) is 5.14 Å². The lowest BCUT2D eigenvalue weighted by molar-refractivity contribution is 0.398. The summed E-state index contributed by atoms with van der Waals surface area (Å²) >= 11 is 0. The molecule has 0 unspecified atom stereocenters. The number of hydrogen-bond donors (Lipinski definition) is 4. The molecule has 1 aromatic rings. The maximum absolute atomic E-state index is 10.6. The second kappa shape index (κ2) is 5.85. The Bertz CT molecular complexity index is 473. The highest BCUT2D eigenvalue weighted by Gasteiger charge is 2.05. The number of sulfonamides is 1. The van der Waals surface area contributed by atoms with Crippen molar-refractivity contribution in [3.63, 3.8) is 0 Å². The van der Waals surface area contributed by atoms with Gasteiger partial charge < -0.3 is 15.5 Å². The van der Waals surface area contributed by atoms with Gasteiger partial charge in [0.2, 0.25) is 10.0 Å². The summed E-state index contributed by atoms with van der Waals surface area (Å²) in [7, 11) is -3.41. The van der Waals surface area contributed by atoms with Crippen LogP contribution in [0.5, 0.6) is 11.5 Å². The van der Waals surface area contributed by atoms with E-state index in [4.69, 9.17) is 5.14 Å². The fourth-order valence-corrected chi connectivity index (χ4v) is 1.89. The Morgan fingerprint density at radius 2 is 2.00 bits per heavy atom. The van der Waals surface area contributed by atoms with Crippen molar-refractivity contribution < 1.29 is 18.6 Å². The Hall–Kier alpha value is -1.31. The molecular formula is C10H16N2O4S. The molecule has 96 valence electrons. The first-order valence-electron chi connectivity index (χ1n) is 5.11. The third kappa shape index (κ3) is 5.03. The Morgan fingerprint density at radius 3 is 2.65 bits per heavy atom. The van der Waals surface area contributed by atoms with Gasteiger partial charge in [0.15, 0.2) is 11.5 Å². The van der Waals surface area contributed by atoms with Crippen LogP contribution in [0.3, 0.4) is 0 Å². The molecule has 1 rings (SSSR count). The van der Waals surface area contributed by atoms with E-state index in [9.17, 15) is 18.6 Å². The highest BCUT2D eigenvalue weighted by atomic mass is 32.2. The number of primary sulfonamides is 1. The van der Waals surface area contributed by atoms with Crippen molar-refractivity contribution >= 4 is 10.0 Å². The van der Waals surface area contributed by atoms with Crippen LogP contribution in [0.2, 0.25) is 0 Å². The minimum Gasteiger partial charge on any atom is -0.504 e. The van der Waals surface area contributed by atoms with Crippen molar-refractivity contribution in [3.05, 3.63) is 23.8 Å². The van der Waals surface area contributed by atoms with Gasteiger partial charge in [-0.3, -0.25) is 0 Å². The van der Waals surface area contributed by atoms with Crippen LogP contribution in [0, 0.1) is 0 Å². The monoisotopic (exact) mass is 260 g/mol. The number of hydrogen-bond acceptors (Lipinski definition) is 5. The summed E-state index contributed by atoms with van der Waals surface area (Å²) in [6.07, 6.45) is 0.401. The standard InChI is InChI=1S/C10H16N2O4S/c11-17(15,16)6-2-5-12-7-8-3-1-4-9(13)10(8)14/h1,3-4,12-14H,2,5-7H2,(H2,11,15,16). The van der Waals surface area contributed by atoms with Crippen LogP contribution >= 0.6 is 0 Å². The Kier molecular flexibility index (Phi) is 4.73. The van der Waals surface area contributed by atoms with Crippen LogP contribution < -0.4 is 10.5 Å². The molecule has 0 bridgehead atoms. The molecule has 1 aromatic carbocycles. The van der Waals surface area contributed by atoms with Crippen LogP contribution in [0.4, 0.5) is 0 Å². The fourth-order valence-electron chi connectivity index (χ4n) is 1.34. The van der Waals surface area contributed by atoms with Gasteiger partial charge in [0.05, 0.1) is 5.75 Å². The predicted octanol–water partition coefficient (Wildman–Crippen LogP) is -0.134. The molecule has 17 heavy (non-hydrogen) atoms. The Morgan fingerprint density at radius 1 is 1.29 bits per heavy atom. The predicted molar refractivity (Wildman–Crippen MR) is 64.1 cm³/mol. The molecule has 0 atom stereocenters. The number of benzene rings is 1. The highest BCUT2D eigenvalue weighted by Crippen LogP contribution is 2.27. The maximum atomic E-state index is 10.6. The summed E-state index contributed by atoms with van der Waals surface area (Å²) in [4.78, 5) is 0. The van der Waals surface area contributed by atoms with E-state index in [0.29, 0.717) is 25.1 Å². The number of para-hydroxylation sites is 1.